The van der Waals surface area contributed by atoms with Crippen LogP contribution >= 0.6 is 31.9 Å². The highest BCUT2D eigenvalue weighted by atomic mass is 79.9. The van der Waals surface area contributed by atoms with Crippen molar-refractivity contribution in [1.82, 2.24) is 0 Å². The summed E-state index contributed by atoms with van der Waals surface area (Å²) in [5, 5.41) is 0.778. The van der Waals surface area contributed by atoms with Crippen LogP contribution in [0.3, 0.4) is 0 Å². The molecule has 1 amide bonds. The summed E-state index contributed by atoms with van der Waals surface area (Å²) in [6.45, 7) is 0.624. The predicted octanol–water partition coefficient (Wildman–Crippen LogP) is 3.34. The molecule has 1 heterocycles. The van der Waals surface area contributed by atoms with Gasteiger partial charge in [-0.3, -0.25) is 4.79 Å². The van der Waals surface area contributed by atoms with Crippen LogP contribution in [0.1, 0.15) is 6.42 Å². The third-order valence-electron chi connectivity index (χ3n) is 2.94. The SMILES string of the molecule is COc1cc(F)c(Br)cc1N1CC(CBr)CC1=O. The number of anilines is 1. The van der Waals surface area contributed by atoms with Crippen molar-refractivity contribution in [3.05, 3.63) is 22.4 Å². The average Bonchev–Trinajstić information content (AvgIpc) is 2.73. The maximum atomic E-state index is 13.4. The monoisotopic (exact) mass is 379 g/mol. The second kappa shape index (κ2) is 5.57. The lowest BCUT2D eigenvalue weighted by atomic mass is 10.2. The van der Waals surface area contributed by atoms with Crippen LogP contribution < -0.4 is 9.64 Å². The summed E-state index contributed by atoms with van der Waals surface area (Å²) in [6.07, 6.45) is 0.503. The predicted molar refractivity (Wildman–Crippen MR) is 74.9 cm³/mol. The number of methoxy groups -OCH3 is 1. The minimum absolute atomic E-state index is 0.0382. The van der Waals surface area contributed by atoms with Crippen molar-refractivity contribution < 1.29 is 13.9 Å². The Kier molecular flexibility index (Phi) is 4.27. The van der Waals surface area contributed by atoms with Crippen molar-refractivity contribution in [2.24, 2.45) is 5.92 Å². The molecule has 3 nitrogen and oxygen atoms in total. The van der Waals surface area contributed by atoms with E-state index in [1.807, 2.05) is 0 Å². The average molecular weight is 381 g/mol. The van der Waals surface area contributed by atoms with Crippen molar-refractivity contribution >= 4 is 43.5 Å². The van der Waals surface area contributed by atoms with Gasteiger partial charge < -0.3 is 9.64 Å². The van der Waals surface area contributed by atoms with E-state index in [1.165, 1.54) is 13.2 Å². The van der Waals surface area contributed by atoms with Gasteiger partial charge in [0.15, 0.2) is 0 Å². The van der Waals surface area contributed by atoms with Crippen LogP contribution in [-0.2, 0) is 4.79 Å². The number of hydrogen-bond acceptors (Lipinski definition) is 2. The van der Waals surface area contributed by atoms with Gasteiger partial charge in [0, 0.05) is 24.4 Å². The lowest BCUT2D eigenvalue weighted by Gasteiger charge is -2.20. The first-order valence-electron chi connectivity index (χ1n) is 5.46. The summed E-state index contributed by atoms with van der Waals surface area (Å²) in [5.41, 5.74) is 0.610. The Morgan fingerprint density at radius 3 is 2.83 bits per heavy atom. The number of carbonyl (C=O) groups is 1. The van der Waals surface area contributed by atoms with E-state index < -0.39 is 5.82 Å². The third kappa shape index (κ3) is 2.54. The maximum absolute atomic E-state index is 13.4. The number of alkyl halides is 1. The zero-order valence-electron chi connectivity index (χ0n) is 9.75. The molecule has 0 N–H and O–H groups in total. The van der Waals surface area contributed by atoms with E-state index in [-0.39, 0.29) is 11.8 Å². The molecule has 6 heteroatoms. The van der Waals surface area contributed by atoms with Crippen LogP contribution in [0.25, 0.3) is 0 Å². The number of amides is 1. The zero-order chi connectivity index (χ0) is 13.3. The van der Waals surface area contributed by atoms with E-state index in [2.05, 4.69) is 31.9 Å². The van der Waals surface area contributed by atoms with Crippen LogP contribution in [0.5, 0.6) is 5.75 Å². The normalized spacial score (nSPS) is 19.4. The van der Waals surface area contributed by atoms with Gasteiger partial charge in [0.1, 0.15) is 11.6 Å². The quantitative estimate of drug-likeness (QED) is 0.752. The van der Waals surface area contributed by atoms with Gasteiger partial charge >= 0.3 is 0 Å². The fraction of sp³-hybridized carbons (Fsp3) is 0.417. The number of hydrogen-bond donors (Lipinski definition) is 0. The standard InChI is InChI=1S/C12H12Br2FNO2/c1-18-11-4-9(15)8(14)3-10(11)16-6-7(5-13)2-12(16)17/h3-4,7H,2,5-6H2,1H3. The summed E-state index contributed by atoms with van der Waals surface area (Å²) < 4.78 is 18.9. The molecule has 0 saturated carbocycles. The van der Waals surface area contributed by atoms with E-state index in [4.69, 9.17) is 4.74 Å². The Morgan fingerprint density at radius 1 is 1.56 bits per heavy atom. The number of benzene rings is 1. The summed E-state index contributed by atoms with van der Waals surface area (Å²) in [7, 11) is 1.47. The maximum Gasteiger partial charge on any atom is 0.227 e. The molecule has 98 valence electrons. The minimum Gasteiger partial charge on any atom is -0.494 e. The van der Waals surface area contributed by atoms with Crippen LogP contribution in [0.4, 0.5) is 10.1 Å². The van der Waals surface area contributed by atoms with Crippen molar-refractivity contribution in [2.45, 2.75) is 6.42 Å². The van der Waals surface area contributed by atoms with Crippen molar-refractivity contribution in [3.63, 3.8) is 0 Å². The molecule has 0 spiro atoms. The Balaban J connectivity index is 2.38. The molecule has 1 fully saturated rings. The van der Waals surface area contributed by atoms with Gasteiger partial charge in [-0.25, -0.2) is 4.39 Å². The number of halogens is 3. The Labute approximate surface area is 122 Å². The molecule has 0 aliphatic carbocycles. The smallest absolute Gasteiger partial charge is 0.227 e. The van der Waals surface area contributed by atoms with E-state index in [1.54, 1.807) is 11.0 Å². The second-order valence-electron chi connectivity index (χ2n) is 4.17. The van der Waals surface area contributed by atoms with Gasteiger partial charge in [-0.1, -0.05) is 15.9 Å². The summed E-state index contributed by atoms with van der Waals surface area (Å²) >= 11 is 6.52. The molecule has 0 radical (unpaired) electrons. The molecule has 1 saturated heterocycles. The molecule has 0 aromatic heterocycles. The Bertz CT molecular complexity index is 481. The second-order valence-corrected chi connectivity index (χ2v) is 5.67. The largest absolute Gasteiger partial charge is 0.494 e. The molecule has 1 aliphatic heterocycles. The fourth-order valence-electron chi connectivity index (χ4n) is 2.01. The highest BCUT2D eigenvalue weighted by molar-refractivity contribution is 9.10. The summed E-state index contributed by atoms with van der Waals surface area (Å²) in [5.74, 6) is 0.292. The molecule has 1 aliphatic rings. The van der Waals surface area contributed by atoms with E-state index in [0.717, 1.165) is 5.33 Å². The van der Waals surface area contributed by atoms with Gasteiger partial charge in [0.25, 0.3) is 0 Å². The van der Waals surface area contributed by atoms with Gasteiger partial charge in [0.2, 0.25) is 5.91 Å². The van der Waals surface area contributed by atoms with Crippen LogP contribution in [-0.4, -0.2) is 24.9 Å². The first kappa shape index (κ1) is 13.8. The van der Waals surface area contributed by atoms with E-state index in [9.17, 15) is 9.18 Å². The first-order chi connectivity index (χ1) is 8.56. The molecule has 18 heavy (non-hydrogen) atoms. The number of carbonyl (C=O) groups excluding carboxylic acids is 1. The van der Waals surface area contributed by atoms with Crippen LogP contribution in [0.2, 0.25) is 0 Å². The van der Waals surface area contributed by atoms with Crippen LogP contribution in [0, 0.1) is 11.7 Å². The highest BCUT2D eigenvalue weighted by Crippen LogP contribution is 2.36. The number of ether oxygens (including phenoxy) is 1. The summed E-state index contributed by atoms with van der Waals surface area (Å²) in [6, 6.07) is 2.87. The molecule has 2 rings (SSSR count). The van der Waals surface area contributed by atoms with Crippen LogP contribution in [0.15, 0.2) is 16.6 Å². The Hall–Kier alpha value is -0.620. The molecule has 1 aromatic carbocycles. The summed E-state index contributed by atoms with van der Waals surface area (Å²) in [4.78, 5) is 13.6. The van der Waals surface area contributed by atoms with Crippen molar-refractivity contribution in [2.75, 3.05) is 23.9 Å². The van der Waals surface area contributed by atoms with E-state index >= 15 is 0 Å². The molecule has 1 atom stereocenters. The van der Waals surface area contributed by atoms with Crippen molar-refractivity contribution in [1.29, 1.82) is 0 Å². The van der Waals surface area contributed by atoms with Gasteiger partial charge in [-0.15, -0.1) is 0 Å². The lowest BCUT2D eigenvalue weighted by Crippen LogP contribution is -2.25. The first-order valence-corrected chi connectivity index (χ1v) is 7.37. The van der Waals surface area contributed by atoms with Gasteiger partial charge in [-0.05, 0) is 27.9 Å². The highest BCUT2D eigenvalue weighted by Gasteiger charge is 2.31. The minimum atomic E-state index is -0.403. The number of nitrogens with zero attached hydrogens (tertiary/aromatic N) is 1. The number of rotatable bonds is 3. The Morgan fingerprint density at radius 2 is 2.28 bits per heavy atom. The molecule has 1 unspecified atom stereocenters. The lowest BCUT2D eigenvalue weighted by molar-refractivity contribution is -0.117. The zero-order valence-corrected chi connectivity index (χ0v) is 12.9. The molecular weight excluding hydrogens is 369 g/mol. The van der Waals surface area contributed by atoms with Gasteiger partial charge in [-0.2, -0.15) is 0 Å². The van der Waals surface area contributed by atoms with Crippen molar-refractivity contribution in [3.8, 4) is 5.75 Å². The topological polar surface area (TPSA) is 29.5 Å². The van der Waals surface area contributed by atoms with Gasteiger partial charge in [0.05, 0.1) is 17.3 Å². The molecule has 1 aromatic rings. The molecule has 0 bridgehead atoms. The third-order valence-corrected chi connectivity index (χ3v) is 4.46. The molecular formula is C12H12Br2FNO2. The fourth-order valence-corrected chi connectivity index (χ4v) is 2.78. The van der Waals surface area contributed by atoms with E-state index in [0.29, 0.717) is 28.9 Å².